The summed E-state index contributed by atoms with van der Waals surface area (Å²) in [7, 11) is 0. The van der Waals surface area contributed by atoms with Crippen molar-refractivity contribution in [2.75, 3.05) is 0 Å². The van der Waals surface area contributed by atoms with Crippen LogP contribution in [0.4, 0.5) is 0 Å². The van der Waals surface area contributed by atoms with Crippen molar-refractivity contribution < 1.29 is 4.42 Å². The summed E-state index contributed by atoms with van der Waals surface area (Å²) >= 11 is 5.67. The lowest BCUT2D eigenvalue weighted by atomic mass is 9.82. The van der Waals surface area contributed by atoms with Crippen LogP contribution in [-0.4, -0.2) is 4.98 Å². The Bertz CT molecular complexity index is 297. The fourth-order valence-electron chi connectivity index (χ4n) is 2.23. The molecule has 0 aromatic carbocycles. The van der Waals surface area contributed by atoms with Gasteiger partial charge in [-0.3, -0.25) is 0 Å². The lowest BCUT2D eigenvalue weighted by Crippen LogP contribution is -2.11. The van der Waals surface area contributed by atoms with Gasteiger partial charge in [0.1, 0.15) is 5.76 Å². The Balaban J connectivity index is 2.06. The van der Waals surface area contributed by atoms with Gasteiger partial charge in [0.05, 0.1) is 12.1 Å². The van der Waals surface area contributed by atoms with E-state index in [1.807, 2.05) is 0 Å². The SMILES string of the molecule is CC1CCCC(c2ncc(CCl)o2)C1. The second-order valence-electron chi connectivity index (χ2n) is 4.27. The Labute approximate surface area is 89.7 Å². The number of alkyl halides is 1. The van der Waals surface area contributed by atoms with E-state index in [9.17, 15) is 0 Å². The molecular formula is C11H16ClNO. The molecule has 2 nitrogen and oxygen atoms in total. The predicted octanol–water partition coefficient (Wildman–Crippen LogP) is 3.71. The zero-order valence-corrected chi connectivity index (χ0v) is 9.26. The molecule has 3 heteroatoms. The van der Waals surface area contributed by atoms with Gasteiger partial charge in [-0.05, 0) is 18.8 Å². The number of halogens is 1. The summed E-state index contributed by atoms with van der Waals surface area (Å²) in [5.41, 5.74) is 0. The number of hydrogen-bond acceptors (Lipinski definition) is 2. The Morgan fingerprint density at radius 2 is 2.43 bits per heavy atom. The maximum absolute atomic E-state index is 5.67. The lowest BCUT2D eigenvalue weighted by molar-refractivity contribution is 0.298. The molecule has 1 aliphatic carbocycles. The summed E-state index contributed by atoms with van der Waals surface area (Å²) < 4.78 is 5.58. The molecule has 1 saturated carbocycles. The molecule has 1 aromatic rings. The van der Waals surface area contributed by atoms with Crippen LogP contribution in [0.2, 0.25) is 0 Å². The highest BCUT2D eigenvalue weighted by Crippen LogP contribution is 2.35. The molecule has 78 valence electrons. The van der Waals surface area contributed by atoms with Gasteiger partial charge >= 0.3 is 0 Å². The molecule has 2 unspecified atom stereocenters. The maximum atomic E-state index is 5.67. The third-order valence-electron chi connectivity index (χ3n) is 2.99. The molecule has 1 fully saturated rings. The summed E-state index contributed by atoms with van der Waals surface area (Å²) in [6.07, 6.45) is 6.82. The average molecular weight is 214 g/mol. The van der Waals surface area contributed by atoms with Gasteiger partial charge in [-0.1, -0.05) is 19.8 Å². The van der Waals surface area contributed by atoms with E-state index in [1.54, 1.807) is 6.20 Å². The lowest BCUT2D eigenvalue weighted by Gasteiger charge is -2.24. The van der Waals surface area contributed by atoms with Gasteiger partial charge in [0.15, 0.2) is 5.89 Å². The molecule has 0 amide bonds. The van der Waals surface area contributed by atoms with Crippen molar-refractivity contribution in [1.29, 1.82) is 0 Å². The molecule has 1 aromatic heterocycles. The minimum Gasteiger partial charge on any atom is -0.444 e. The van der Waals surface area contributed by atoms with Crippen LogP contribution in [-0.2, 0) is 5.88 Å². The highest BCUT2D eigenvalue weighted by atomic mass is 35.5. The smallest absolute Gasteiger partial charge is 0.197 e. The van der Waals surface area contributed by atoms with Crippen LogP contribution >= 0.6 is 11.6 Å². The molecule has 14 heavy (non-hydrogen) atoms. The van der Waals surface area contributed by atoms with E-state index < -0.39 is 0 Å². The molecule has 2 atom stereocenters. The molecule has 0 spiro atoms. The van der Waals surface area contributed by atoms with Gasteiger partial charge < -0.3 is 4.42 Å². The van der Waals surface area contributed by atoms with E-state index in [1.165, 1.54) is 25.7 Å². The summed E-state index contributed by atoms with van der Waals surface area (Å²) in [5.74, 6) is 3.44. The van der Waals surface area contributed by atoms with Gasteiger partial charge in [0, 0.05) is 5.92 Å². The standard InChI is InChI=1S/C11H16ClNO/c1-8-3-2-4-9(5-8)11-13-7-10(6-12)14-11/h7-9H,2-6H2,1H3. The number of aromatic nitrogens is 1. The molecule has 0 saturated heterocycles. The molecular weight excluding hydrogens is 198 g/mol. The van der Waals surface area contributed by atoms with Gasteiger partial charge in [-0.2, -0.15) is 0 Å². The molecule has 0 aliphatic heterocycles. The normalized spacial score (nSPS) is 27.9. The second kappa shape index (κ2) is 4.35. The van der Waals surface area contributed by atoms with Gasteiger partial charge in [0.2, 0.25) is 0 Å². The van der Waals surface area contributed by atoms with E-state index in [4.69, 9.17) is 16.0 Å². The molecule has 0 radical (unpaired) electrons. The van der Waals surface area contributed by atoms with Crippen molar-refractivity contribution in [3.05, 3.63) is 17.8 Å². The van der Waals surface area contributed by atoms with Gasteiger partial charge in [0.25, 0.3) is 0 Å². The van der Waals surface area contributed by atoms with Crippen LogP contribution in [0, 0.1) is 5.92 Å². The molecule has 2 rings (SSSR count). The zero-order valence-electron chi connectivity index (χ0n) is 8.50. The molecule has 0 N–H and O–H groups in total. The van der Waals surface area contributed by atoms with Crippen molar-refractivity contribution >= 4 is 11.6 Å². The first-order valence-electron chi connectivity index (χ1n) is 5.30. The van der Waals surface area contributed by atoms with Crippen molar-refractivity contribution in [3.63, 3.8) is 0 Å². The third-order valence-corrected chi connectivity index (χ3v) is 3.25. The zero-order chi connectivity index (χ0) is 9.97. The first-order chi connectivity index (χ1) is 6.79. The Morgan fingerprint density at radius 3 is 3.07 bits per heavy atom. The molecule has 0 bridgehead atoms. The van der Waals surface area contributed by atoms with Crippen molar-refractivity contribution in [2.45, 2.75) is 44.4 Å². The van der Waals surface area contributed by atoms with Crippen molar-refractivity contribution in [2.24, 2.45) is 5.92 Å². The fraction of sp³-hybridized carbons (Fsp3) is 0.727. The largest absolute Gasteiger partial charge is 0.444 e. The maximum Gasteiger partial charge on any atom is 0.197 e. The van der Waals surface area contributed by atoms with E-state index >= 15 is 0 Å². The number of oxazole rings is 1. The Hall–Kier alpha value is -0.500. The minimum absolute atomic E-state index is 0.426. The average Bonchev–Trinajstić information content (AvgIpc) is 2.66. The van der Waals surface area contributed by atoms with E-state index in [2.05, 4.69) is 11.9 Å². The topological polar surface area (TPSA) is 26.0 Å². The first-order valence-corrected chi connectivity index (χ1v) is 5.83. The molecule has 1 aliphatic rings. The number of hydrogen-bond donors (Lipinski definition) is 0. The highest BCUT2D eigenvalue weighted by molar-refractivity contribution is 6.16. The summed E-state index contributed by atoms with van der Waals surface area (Å²) in [4.78, 5) is 4.29. The van der Waals surface area contributed by atoms with Crippen LogP contribution in [0.15, 0.2) is 10.6 Å². The molecule has 1 heterocycles. The van der Waals surface area contributed by atoms with Crippen LogP contribution < -0.4 is 0 Å². The fourth-order valence-corrected chi connectivity index (χ4v) is 2.36. The summed E-state index contributed by atoms with van der Waals surface area (Å²) in [6.45, 7) is 2.30. The Morgan fingerprint density at radius 1 is 1.57 bits per heavy atom. The number of rotatable bonds is 2. The monoisotopic (exact) mass is 213 g/mol. The van der Waals surface area contributed by atoms with Crippen molar-refractivity contribution in [1.82, 2.24) is 4.98 Å². The summed E-state index contributed by atoms with van der Waals surface area (Å²) in [6, 6.07) is 0. The van der Waals surface area contributed by atoms with Crippen LogP contribution in [0.3, 0.4) is 0 Å². The third kappa shape index (κ3) is 2.11. The highest BCUT2D eigenvalue weighted by Gasteiger charge is 2.23. The van der Waals surface area contributed by atoms with Crippen molar-refractivity contribution in [3.8, 4) is 0 Å². The van der Waals surface area contributed by atoms with Crippen LogP contribution in [0.5, 0.6) is 0 Å². The van der Waals surface area contributed by atoms with Crippen LogP contribution in [0.1, 0.15) is 50.2 Å². The first kappa shape index (κ1) is 10.0. The second-order valence-corrected chi connectivity index (χ2v) is 4.53. The van der Waals surface area contributed by atoms with Gasteiger partial charge in [-0.25, -0.2) is 4.98 Å². The summed E-state index contributed by atoms with van der Waals surface area (Å²) in [5, 5.41) is 0. The predicted molar refractivity (Wildman–Crippen MR) is 56.4 cm³/mol. The van der Waals surface area contributed by atoms with E-state index in [-0.39, 0.29) is 0 Å². The Kier molecular flexibility index (Phi) is 3.12. The minimum atomic E-state index is 0.426. The van der Waals surface area contributed by atoms with Gasteiger partial charge in [-0.15, -0.1) is 11.6 Å². The van der Waals surface area contributed by atoms with E-state index in [0.29, 0.717) is 11.8 Å². The van der Waals surface area contributed by atoms with E-state index in [0.717, 1.165) is 17.6 Å². The van der Waals surface area contributed by atoms with Crippen LogP contribution in [0.25, 0.3) is 0 Å². The quantitative estimate of drug-likeness (QED) is 0.700. The number of nitrogens with zero attached hydrogens (tertiary/aromatic N) is 1.